The highest BCUT2D eigenvalue weighted by Gasteiger charge is 1.84. The van der Waals surface area contributed by atoms with Crippen molar-refractivity contribution < 1.29 is 0 Å². The fourth-order valence-corrected chi connectivity index (χ4v) is 0.726. The van der Waals surface area contributed by atoms with E-state index in [4.69, 9.17) is 0 Å². The van der Waals surface area contributed by atoms with E-state index in [1.807, 2.05) is 12.2 Å². The summed E-state index contributed by atoms with van der Waals surface area (Å²) in [6.07, 6.45) is 8.18. The topological polar surface area (TPSA) is 12.0 Å². The summed E-state index contributed by atoms with van der Waals surface area (Å²) in [7, 11) is 0. The maximum Gasteiger partial charge on any atom is 0.0141 e. The Morgan fingerprint density at radius 3 is 2.33 bits per heavy atom. The summed E-state index contributed by atoms with van der Waals surface area (Å²) in [5.74, 6) is 0. The summed E-state index contributed by atoms with van der Waals surface area (Å²) >= 11 is 0. The van der Waals surface area contributed by atoms with E-state index >= 15 is 0 Å². The van der Waals surface area contributed by atoms with Crippen molar-refractivity contribution in [2.45, 2.75) is 0 Å². The third-order valence-electron chi connectivity index (χ3n) is 1.19. The maximum absolute atomic E-state index is 3.81. The summed E-state index contributed by atoms with van der Waals surface area (Å²) in [4.78, 5) is 0. The molecule has 0 radical (unpaired) electrons. The van der Waals surface area contributed by atoms with Gasteiger partial charge in [0.1, 0.15) is 0 Å². The number of nitrogens with one attached hydrogen (secondary N) is 1. The Hall–Kier alpha value is -0.820. The number of hydrogen-bond acceptors (Lipinski definition) is 1. The monoisotopic (exact) mass is 121 g/mol. The molecule has 1 heterocycles. The van der Waals surface area contributed by atoms with Crippen LogP contribution in [0.25, 0.3) is 0 Å². The number of hydrogen-bond donors (Lipinski definition) is 1. The third kappa shape index (κ3) is 2.29. The van der Waals surface area contributed by atoms with Gasteiger partial charge in [0, 0.05) is 13.1 Å². The van der Waals surface area contributed by atoms with Gasteiger partial charge in [0.05, 0.1) is 0 Å². The molecule has 0 aromatic heterocycles. The van der Waals surface area contributed by atoms with E-state index in [0.717, 1.165) is 18.7 Å². The van der Waals surface area contributed by atoms with Crippen LogP contribution in [0, 0.1) is 0 Å². The summed E-state index contributed by atoms with van der Waals surface area (Å²) < 4.78 is 0. The normalized spacial score (nSPS) is 26.4. The molecule has 1 nitrogen and oxygen atoms in total. The molecule has 0 spiro atoms. The molecule has 1 aliphatic rings. The lowest BCUT2D eigenvalue weighted by atomic mass is 10.2. The molecule has 1 rings (SSSR count). The Bertz CT molecular complexity index is 138. The molecule has 0 atom stereocenters. The Balaban J connectivity index is 2.55. The van der Waals surface area contributed by atoms with Crippen molar-refractivity contribution in [1.29, 1.82) is 0 Å². The summed E-state index contributed by atoms with van der Waals surface area (Å²) in [6.45, 7) is 5.71. The van der Waals surface area contributed by atoms with Crippen LogP contribution in [0.15, 0.2) is 36.5 Å². The SMILES string of the molecule is C=C1/C=C\CNC/C=C\1. The zero-order valence-electron chi connectivity index (χ0n) is 5.43. The fraction of sp³-hybridized carbons (Fsp3) is 0.250. The van der Waals surface area contributed by atoms with E-state index < -0.39 is 0 Å². The van der Waals surface area contributed by atoms with Gasteiger partial charge in [-0.25, -0.2) is 0 Å². The first-order valence-corrected chi connectivity index (χ1v) is 3.12. The van der Waals surface area contributed by atoms with Gasteiger partial charge in [-0.05, 0) is 5.57 Å². The van der Waals surface area contributed by atoms with Crippen molar-refractivity contribution in [2.75, 3.05) is 13.1 Å². The van der Waals surface area contributed by atoms with E-state index in [1.165, 1.54) is 0 Å². The van der Waals surface area contributed by atoms with E-state index in [1.54, 1.807) is 0 Å². The first kappa shape index (κ1) is 6.30. The smallest absolute Gasteiger partial charge is 0.0141 e. The van der Waals surface area contributed by atoms with Crippen LogP contribution in [0.1, 0.15) is 0 Å². The minimum atomic E-state index is 0.948. The Morgan fingerprint density at radius 1 is 1.22 bits per heavy atom. The minimum Gasteiger partial charge on any atom is -0.310 e. The average Bonchev–Trinajstić information content (AvgIpc) is 1.79. The van der Waals surface area contributed by atoms with Crippen LogP contribution < -0.4 is 5.32 Å². The van der Waals surface area contributed by atoms with Crippen LogP contribution in [-0.2, 0) is 0 Å². The molecule has 0 saturated heterocycles. The zero-order valence-corrected chi connectivity index (χ0v) is 5.43. The maximum atomic E-state index is 3.81. The summed E-state index contributed by atoms with van der Waals surface area (Å²) in [6, 6.07) is 0. The molecule has 48 valence electrons. The van der Waals surface area contributed by atoms with E-state index in [-0.39, 0.29) is 0 Å². The molecule has 0 fully saturated rings. The van der Waals surface area contributed by atoms with E-state index in [2.05, 4.69) is 24.0 Å². The van der Waals surface area contributed by atoms with Gasteiger partial charge < -0.3 is 5.32 Å². The van der Waals surface area contributed by atoms with Gasteiger partial charge in [0.25, 0.3) is 0 Å². The van der Waals surface area contributed by atoms with Crippen LogP contribution >= 0.6 is 0 Å². The molecule has 0 bridgehead atoms. The lowest BCUT2D eigenvalue weighted by molar-refractivity contribution is 0.839. The average molecular weight is 121 g/mol. The third-order valence-corrected chi connectivity index (χ3v) is 1.19. The molecular formula is C8H11N. The quantitative estimate of drug-likeness (QED) is 0.508. The second-order valence-corrected chi connectivity index (χ2v) is 2.04. The van der Waals surface area contributed by atoms with Gasteiger partial charge >= 0.3 is 0 Å². The number of allylic oxidation sites excluding steroid dienone is 3. The molecule has 0 saturated carbocycles. The van der Waals surface area contributed by atoms with Crippen LogP contribution in [0.4, 0.5) is 0 Å². The highest BCUT2D eigenvalue weighted by molar-refractivity contribution is 5.28. The zero-order chi connectivity index (χ0) is 6.53. The first-order valence-electron chi connectivity index (χ1n) is 3.12. The molecule has 9 heavy (non-hydrogen) atoms. The standard InChI is InChI=1S/C8H11N/c1-8-4-2-6-9-7-3-5-8/h2-5,9H,1,6-7H2/b4-2-,5-3-. The van der Waals surface area contributed by atoms with Crippen molar-refractivity contribution in [3.05, 3.63) is 36.5 Å². The Labute approximate surface area is 55.8 Å². The predicted molar refractivity (Wildman–Crippen MR) is 40.3 cm³/mol. The van der Waals surface area contributed by atoms with Crippen LogP contribution in [-0.4, -0.2) is 13.1 Å². The van der Waals surface area contributed by atoms with Crippen molar-refractivity contribution in [3.8, 4) is 0 Å². The van der Waals surface area contributed by atoms with Gasteiger partial charge in [-0.3, -0.25) is 0 Å². The van der Waals surface area contributed by atoms with Gasteiger partial charge in [-0.2, -0.15) is 0 Å². The largest absolute Gasteiger partial charge is 0.310 e. The molecule has 0 unspecified atom stereocenters. The predicted octanol–water partition coefficient (Wildman–Crippen LogP) is 1.26. The lowest BCUT2D eigenvalue weighted by Crippen LogP contribution is -2.13. The van der Waals surface area contributed by atoms with Crippen molar-refractivity contribution in [2.24, 2.45) is 0 Å². The molecule has 0 aliphatic carbocycles. The highest BCUT2D eigenvalue weighted by atomic mass is 14.8. The molecule has 1 aliphatic heterocycles. The first-order chi connectivity index (χ1) is 4.39. The molecule has 0 aromatic carbocycles. The van der Waals surface area contributed by atoms with Crippen molar-refractivity contribution in [3.63, 3.8) is 0 Å². The molecule has 1 N–H and O–H groups in total. The molecule has 1 heteroatoms. The van der Waals surface area contributed by atoms with Gasteiger partial charge in [-0.15, -0.1) is 0 Å². The second-order valence-electron chi connectivity index (χ2n) is 2.04. The van der Waals surface area contributed by atoms with E-state index in [0.29, 0.717) is 0 Å². The Morgan fingerprint density at radius 2 is 1.78 bits per heavy atom. The molecule has 0 amide bonds. The summed E-state index contributed by atoms with van der Waals surface area (Å²) in [5.41, 5.74) is 1.08. The van der Waals surface area contributed by atoms with Crippen LogP contribution in [0.2, 0.25) is 0 Å². The van der Waals surface area contributed by atoms with Crippen LogP contribution in [0.3, 0.4) is 0 Å². The fourth-order valence-electron chi connectivity index (χ4n) is 0.726. The minimum absolute atomic E-state index is 0.948. The van der Waals surface area contributed by atoms with Crippen molar-refractivity contribution >= 4 is 0 Å². The number of rotatable bonds is 0. The Kier molecular flexibility index (Phi) is 2.28. The summed E-state index contributed by atoms with van der Waals surface area (Å²) in [5, 5.41) is 3.19. The molecule has 0 aromatic rings. The second kappa shape index (κ2) is 3.25. The highest BCUT2D eigenvalue weighted by Crippen LogP contribution is 1.95. The van der Waals surface area contributed by atoms with Crippen LogP contribution in [0.5, 0.6) is 0 Å². The lowest BCUT2D eigenvalue weighted by Gasteiger charge is -1.98. The van der Waals surface area contributed by atoms with E-state index in [9.17, 15) is 0 Å². The molecular weight excluding hydrogens is 110 g/mol. The van der Waals surface area contributed by atoms with Gasteiger partial charge in [0.15, 0.2) is 0 Å². The van der Waals surface area contributed by atoms with Gasteiger partial charge in [0.2, 0.25) is 0 Å². The van der Waals surface area contributed by atoms with Crippen molar-refractivity contribution in [1.82, 2.24) is 5.32 Å². The van der Waals surface area contributed by atoms with Gasteiger partial charge in [-0.1, -0.05) is 30.9 Å².